The molecule has 0 aromatic heterocycles. The van der Waals surface area contributed by atoms with Crippen molar-refractivity contribution in [3.63, 3.8) is 0 Å². The van der Waals surface area contributed by atoms with E-state index in [1.165, 1.54) is 5.56 Å². The van der Waals surface area contributed by atoms with Crippen LogP contribution in [0.5, 0.6) is 0 Å². The molecule has 1 aliphatic carbocycles. The van der Waals surface area contributed by atoms with Gasteiger partial charge in [-0.1, -0.05) is 24.3 Å². The fraction of sp³-hybridized carbons (Fsp3) is 0.611. The molecule has 1 aromatic rings. The second-order valence-electron chi connectivity index (χ2n) is 6.73. The minimum absolute atomic E-state index is 0.0176. The van der Waals surface area contributed by atoms with Gasteiger partial charge in [0.05, 0.1) is 5.60 Å². The van der Waals surface area contributed by atoms with E-state index >= 15 is 0 Å². The van der Waals surface area contributed by atoms with E-state index in [1.54, 1.807) is 0 Å². The van der Waals surface area contributed by atoms with Gasteiger partial charge in [-0.3, -0.25) is 4.79 Å². The maximum atomic E-state index is 12.7. The number of hydrogen-bond donors (Lipinski definition) is 0. The maximum absolute atomic E-state index is 12.7. The Hall–Kier alpha value is -1.19. The van der Waals surface area contributed by atoms with Crippen LogP contribution < -0.4 is 0 Å². The summed E-state index contributed by atoms with van der Waals surface area (Å²) >= 11 is 0. The van der Waals surface area contributed by atoms with E-state index in [9.17, 15) is 4.79 Å². The summed E-state index contributed by atoms with van der Waals surface area (Å²) in [7, 11) is 0. The summed E-state index contributed by atoms with van der Waals surface area (Å²) in [5.41, 5.74) is 2.17. The third-order valence-electron chi connectivity index (χ3n) is 5.56. The predicted molar refractivity (Wildman–Crippen MR) is 79.4 cm³/mol. The van der Waals surface area contributed by atoms with Gasteiger partial charge in [-0.05, 0) is 43.6 Å². The third kappa shape index (κ3) is 2.33. The number of ketones is 1. The Bertz CT molecular complexity index is 540. The first-order chi connectivity index (χ1) is 10.3. The SMILES string of the molecule is O=C1c2ccccc2CC1C1CCOC2(CCOCC2)C1. The van der Waals surface area contributed by atoms with Crippen LogP contribution in [0.4, 0.5) is 0 Å². The Morgan fingerprint density at radius 3 is 2.71 bits per heavy atom. The first-order valence-corrected chi connectivity index (χ1v) is 8.11. The number of rotatable bonds is 1. The highest BCUT2D eigenvalue weighted by molar-refractivity contribution is 6.02. The van der Waals surface area contributed by atoms with Crippen LogP contribution in [0.1, 0.15) is 41.6 Å². The van der Waals surface area contributed by atoms with E-state index < -0.39 is 0 Å². The number of carbonyl (C=O) groups is 1. The summed E-state index contributed by atoms with van der Waals surface area (Å²) in [5, 5.41) is 0. The van der Waals surface area contributed by atoms with Crippen LogP contribution in [0.2, 0.25) is 0 Å². The molecule has 0 N–H and O–H groups in total. The predicted octanol–water partition coefficient (Wildman–Crippen LogP) is 3.02. The first kappa shape index (κ1) is 13.5. The van der Waals surface area contributed by atoms with Crippen LogP contribution in [0.25, 0.3) is 0 Å². The summed E-state index contributed by atoms with van der Waals surface area (Å²) in [6, 6.07) is 8.11. The number of Topliss-reactive ketones (excluding diaryl/α,β-unsaturated/α-hetero) is 1. The van der Waals surface area contributed by atoms with Crippen LogP contribution in [0.3, 0.4) is 0 Å². The van der Waals surface area contributed by atoms with E-state index in [2.05, 4.69) is 6.07 Å². The number of benzene rings is 1. The Balaban J connectivity index is 1.53. The first-order valence-electron chi connectivity index (χ1n) is 8.11. The molecule has 3 heteroatoms. The molecule has 2 fully saturated rings. The van der Waals surface area contributed by atoms with Crippen molar-refractivity contribution >= 4 is 5.78 Å². The number of fused-ring (bicyclic) bond motifs is 1. The van der Waals surface area contributed by atoms with Crippen molar-refractivity contribution in [1.29, 1.82) is 0 Å². The van der Waals surface area contributed by atoms with Crippen LogP contribution >= 0.6 is 0 Å². The number of carbonyl (C=O) groups excluding carboxylic acids is 1. The van der Waals surface area contributed by atoms with Gasteiger partial charge in [0.2, 0.25) is 0 Å². The Labute approximate surface area is 125 Å². The largest absolute Gasteiger partial charge is 0.381 e. The summed E-state index contributed by atoms with van der Waals surface area (Å²) < 4.78 is 11.6. The van der Waals surface area contributed by atoms with Gasteiger partial charge in [-0.15, -0.1) is 0 Å². The van der Waals surface area contributed by atoms with E-state index in [0.29, 0.717) is 11.7 Å². The van der Waals surface area contributed by atoms with Crippen molar-refractivity contribution in [2.24, 2.45) is 11.8 Å². The lowest BCUT2D eigenvalue weighted by Crippen LogP contribution is -2.46. The quantitative estimate of drug-likeness (QED) is 0.796. The van der Waals surface area contributed by atoms with Gasteiger partial charge >= 0.3 is 0 Å². The summed E-state index contributed by atoms with van der Waals surface area (Å²) in [6.07, 6.45) is 4.94. The van der Waals surface area contributed by atoms with E-state index in [0.717, 1.165) is 57.5 Å². The lowest BCUT2D eigenvalue weighted by Gasteiger charge is -2.44. The van der Waals surface area contributed by atoms with Crippen molar-refractivity contribution in [2.45, 2.75) is 37.7 Å². The summed E-state index contributed by atoms with van der Waals surface area (Å²) in [6.45, 7) is 2.39. The van der Waals surface area contributed by atoms with E-state index in [1.807, 2.05) is 18.2 Å². The van der Waals surface area contributed by atoms with Gasteiger partial charge < -0.3 is 9.47 Å². The lowest BCUT2D eigenvalue weighted by molar-refractivity contribution is -0.150. The van der Waals surface area contributed by atoms with Crippen molar-refractivity contribution < 1.29 is 14.3 Å². The van der Waals surface area contributed by atoms with E-state index in [-0.39, 0.29) is 11.5 Å². The van der Waals surface area contributed by atoms with Gasteiger partial charge in [0.1, 0.15) is 0 Å². The standard InChI is InChI=1S/C18H22O3/c19-17-15-4-2-1-3-13(15)11-16(17)14-5-8-21-18(12-14)6-9-20-10-7-18/h1-4,14,16H,5-12H2. The molecule has 1 spiro atoms. The Morgan fingerprint density at radius 2 is 1.90 bits per heavy atom. The maximum Gasteiger partial charge on any atom is 0.166 e. The fourth-order valence-electron chi connectivity index (χ4n) is 4.35. The molecule has 0 saturated carbocycles. The van der Waals surface area contributed by atoms with Gasteiger partial charge in [-0.25, -0.2) is 0 Å². The average molecular weight is 286 g/mol. The second kappa shape index (κ2) is 5.22. The molecule has 0 radical (unpaired) electrons. The van der Waals surface area contributed by atoms with Crippen LogP contribution in [0, 0.1) is 11.8 Å². The zero-order chi connectivity index (χ0) is 14.3. The molecule has 2 atom stereocenters. The highest BCUT2D eigenvalue weighted by atomic mass is 16.5. The third-order valence-corrected chi connectivity index (χ3v) is 5.56. The molecule has 21 heavy (non-hydrogen) atoms. The summed E-state index contributed by atoms with van der Waals surface area (Å²) in [4.78, 5) is 12.7. The van der Waals surface area contributed by atoms with Crippen molar-refractivity contribution in [1.82, 2.24) is 0 Å². The van der Waals surface area contributed by atoms with Crippen LogP contribution in [-0.2, 0) is 15.9 Å². The molecule has 3 aliphatic rings. The van der Waals surface area contributed by atoms with Crippen LogP contribution in [0.15, 0.2) is 24.3 Å². The Morgan fingerprint density at radius 1 is 1.10 bits per heavy atom. The van der Waals surface area contributed by atoms with Gasteiger partial charge in [0, 0.05) is 31.3 Å². The second-order valence-corrected chi connectivity index (χ2v) is 6.73. The van der Waals surface area contributed by atoms with Gasteiger partial charge in [-0.2, -0.15) is 0 Å². The zero-order valence-electron chi connectivity index (χ0n) is 12.3. The molecule has 1 aromatic carbocycles. The smallest absolute Gasteiger partial charge is 0.166 e. The van der Waals surface area contributed by atoms with Crippen molar-refractivity contribution in [3.05, 3.63) is 35.4 Å². The highest BCUT2D eigenvalue weighted by Gasteiger charge is 2.44. The molecule has 2 unspecified atom stereocenters. The van der Waals surface area contributed by atoms with Crippen molar-refractivity contribution in [3.8, 4) is 0 Å². The molecular weight excluding hydrogens is 264 g/mol. The number of ether oxygens (including phenoxy) is 2. The number of hydrogen-bond acceptors (Lipinski definition) is 3. The molecule has 0 bridgehead atoms. The molecule has 2 saturated heterocycles. The van der Waals surface area contributed by atoms with Crippen LogP contribution in [-0.4, -0.2) is 31.2 Å². The molecule has 112 valence electrons. The molecule has 2 heterocycles. The minimum atomic E-state index is -0.0176. The molecular formula is C18H22O3. The van der Waals surface area contributed by atoms with Gasteiger partial charge in [0.15, 0.2) is 5.78 Å². The van der Waals surface area contributed by atoms with Crippen molar-refractivity contribution in [2.75, 3.05) is 19.8 Å². The highest BCUT2D eigenvalue weighted by Crippen LogP contribution is 2.43. The minimum Gasteiger partial charge on any atom is -0.381 e. The topological polar surface area (TPSA) is 35.5 Å². The normalized spacial score (nSPS) is 31.3. The van der Waals surface area contributed by atoms with E-state index in [4.69, 9.17) is 9.47 Å². The average Bonchev–Trinajstić information content (AvgIpc) is 2.86. The zero-order valence-corrected chi connectivity index (χ0v) is 12.3. The molecule has 3 nitrogen and oxygen atoms in total. The monoisotopic (exact) mass is 286 g/mol. The Kier molecular flexibility index (Phi) is 3.35. The molecule has 2 aliphatic heterocycles. The molecule has 0 amide bonds. The summed E-state index contributed by atoms with van der Waals surface area (Å²) in [5.74, 6) is 1.00. The van der Waals surface area contributed by atoms with Gasteiger partial charge in [0.25, 0.3) is 0 Å². The lowest BCUT2D eigenvalue weighted by atomic mass is 9.74. The molecule has 4 rings (SSSR count). The fourth-order valence-corrected chi connectivity index (χ4v) is 4.35.